The molecule has 1 aromatic carbocycles. The fraction of sp³-hybridized carbons (Fsp3) is 0.350. The topological polar surface area (TPSA) is 113 Å². The van der Waals surface area contributed by atoms with Crippen molar-refractivity contribution >= 4 is 51.9 Å². The number of hydrogen-bond acceptors (Lipinski definition) is 6. The standard InChI is InChI=1S/C20H20IN5O4/c21-12-10-23-25(11-12)9-2-1-8-22-14-5-3-4-13-17(14)20(30)26(19(13)29)15-6-7-16(27)24-18(15)28/h3-5,10-11,15,22H,1-2,6-9H2,(H,24,27,28). The van der Waals surface area contributed by atoms with E-state index in [1.165, 1.54) is 0 Å². The molecular formula is C20H20IN5O4. The van der Waals surface area contributed by atoms with E-state index in [1.54, 1.807) is 18.2 Å². The molecule has 3 heterocycles. The molecule has 0 spiro atoms. The number of fused-ring (bicyclic) bond motifs is 1. The molecule has 1 fully saturated rings. The minimum absolute atomic E-state index is 0.101. The van der Waals surface area contributed by atoms with Crippen molar-refractivity contribution in [2.24, 2.45) is 0 Å². The molecule has 1 saturated heterocycles. The van der Waals surface area contributed by atoms with Gasteiger partial charge in [-0.25, -0.2) is 0 Å². The molecule has 2 aliphatic rings. The Morgan fingerprint density at radius 2 is 2.00 bits per heavy atom. The van der Waals surface area contributed by atoms with Gasteiger partial charge in [-0.3, -0.25) is 34.1 Å². The molecule has 1 unspecified atom stereocenters. The summed E-state index contributed by atoms with van der Waals surface area (Å²) < 4.78 is 2.98. The quantitative estimate of drug-likeness (QED) is 0.327. The largest absolute Gasteiger partial charge is 0.384 e. The molecule has 4 rings (SSSR count). The van der Waals surface area contributed by atoms with Crippen molar-refractivity contribution < 1.29 is 19.2 Å². The second-order valence-corrected chi connectivity index (χ2v) is 8.48. The lowest BCUT2D eigenvalue weighted by molar-refractivity contribution is -0.136. The number of nitrogens with zero attached hydrogens (tertiary/aromatic N) is 3. The number of halogens is 1. The Bertz CT molecular complexity index is 1030. The monoisotopic (exact) mass is 521 g/mol. The predicted molar refractivity (Wildman–Crippen MR) is 116 cm³/mol. The molecule has 0 saturated carbocycles. The maximum absolute atomic E-state index is 13.0. The minimum Gasteiger partial charge on any atom is -0.384 e. The van der Waals surface area contributed by atoms with Gasteiger partial charge in [0, 0.05) is 31.4 Å². The van der Waals surface area contributed by atoms with Gasteiger partial charge in [0.15, 0.2) is 0 Å². The van der Waals surface area contributed by atoms with Crippen LogP contribution < -0.4 is 10.6 Å². The molecule has 2 N–H and O–H groups in total. The van der Waals surface area contributed by atoms with E-state index in [0.29, 0.717) is 12.2 Å². The summed E-state index contributed by atoms with van der Waals surface area (Å²) in [5.74, 6) is -2.00. The van der Waals surface area contributed by atoms with Crippen molar-refractivity contribution in [2.75, 3.05) is 11.9 Å². The maximum atomic E-state index is 13.0. The van der Waals surface area contributed by atoms with Gasteiger partial charge in [-0.15, -0.1) is 0 Å². The number of anilines is 1. The van der Waals surface area contributed by atoms with E-state index >= 15 is 0 Å². The molecule has 1 aromatic heterocycles. The zero-order chi connectivity index (χ0) is 21.3. The molecule has 4 amide bonds. The SMILES string of the molecule is O=C1CCC(N2C(=O)c3cccc(NCCCCn4cc(I)cn4)c3C2=O)C(=O)N1. The fourth-order valence-corrected chi connectivity index (χ4v) is 4.19. The van der Waals surface area contributed by atoms with Gasteiger partial charge in [-0.2, -0.15) is 5.10 Å². The predicted octanol–water partition coefficient (Wildman–Crippen LogP) is 1.78. The second kappa shape index (κ2) is 8.54. The van der Waals surface area contributed by atoms with Crippen LogP contribution in [0.1, 0.15) is 46.4 Å². The Labute approximate surface area is 186 Å². The summed E-state index contributed by atoms with van der Waals surface area (Å²) in [4.78, 5) is 50.4. The van der Waals surface area contributed by atoms with Gasteiger partial charge < -0.3 is 5.32 Å². The van der Waals surface area contributed by atoms with Crippen molar-refractivity contribution in [2.45, 2.75) is 38.3 Å². The van der Waals surface area contributed by atoms with Crippen LogP contribution in [0.4, 0.5) is 5.69 Å². The average Bonchev–Trinajstić information content (AvgIpc) is 3.24. The zero-order valence-electron chi connectivity index (χ0n) is 16.1. The van der Waals surface area contributed by atoms with Crippen LogP contribution in [-0.2, 0) is 16.1 Å². The van der Waals surface area contributed by atoms with Crippen LogP contribution in [0.5, 0.6) is 0 Å². The van der Waals surface area contributed by atoms with Crippen molar-refractivity contribution in [3.05, 3.63) is 45.3 Å². The van der Waals surface area contributed by atoms with Crippen LogP contribution in [0.25, 0.3) is 0 Å². The molecule has 0 radical (unpaired) electrons. The summed E-state index contributed by atoms with van der Waals surface area (Å²) in [5, 5.41) is 9.70. The Kier molecular flexibility index (Phi) is 5.84. The number of aryl methyl sites for hydroxylation is 1. The molecule has 1 atom stereocenters. The van der Waals surface area contributed by atoms with Crippen LogP contribution in [0.3, 0.4) is 0 Å². The van der Waals surface area contributed by atoms with Crippen molar-refractivity contribution in [3.63, 3.8) is 0 Å². The molecular weight excluding hydrogens is 501 g/mol. The molecule has 30 heavy (non-hydrogen) atoms. The molecule has 0 aliphatic carbocycles. The number of imide groups is 2. The lowest BCUT2D eigenvalue weighted by atomic mass is 10.0. The van der Waals surface area contributed by atoms with Crippen LogP contribution in [0.2, 0.25) is 0 Å². The number of amides is 4. The number of unbranched alkanes of at least 4 members (excludes halogenated alkanes) is 1. The first kappa shape index (κ1) is 20.5. The van der Waals surface area contributed by atoms with E-state index in [-0.39, 0.29) is 29.9 Å². The van der Waals surface area contributed by atoms with E-state index in [0.717, 1.165) is 27.9 Å². The van der Waals surface area contributed by atoms with Crippen molar-refractivity contribution in [1.82, 2.24) is 20.0 Å². The summed E-state index contributed by atoms with van der Waals surface area (Å²) in [6.45, 7) is 1.44. The van der Waals surface area contributed by atoms with E-state index in [2.05, 4.69) is 38.3 Å². The number of hydrogen-bond donors (Lipinski definition) is 2. The number of rotatable bonds is 7. The van der Waals surface area contributed by atoms with E-state index in [4.69, 9.17) is 0 Å². The molecule has 2 aromatic rings. The van der Waals surface area contributed by atoms with Crippen LogP contribution in [0.15, 0.2) is 30.6 Å². The number of nitrogens with one attached hydrogen (secondary N) is 2. The van der Waals surface area contributed by atoms with Gasteiger partial charge in [0.2, 0.25) is 11.8 Å². The van der Waals surface area contributed by atoms with Gasteiger partial charge in [0.05, 0.1) is 20.9 Å². The summed E-state index contributed by atoms with van der Waals surface area (Å²) >= 11 is 2.22. The molecule has 9 nitrogen and oxygen atoms in total. The lowest BCUT2D eigenvalue weighted by Gasteiger charge is -2.27. The Morgan fingerprint density at radius 1 is 1.17 bits per heavy atom. The summed E-state index contributed by atoms with van der Waals surface area (Å²) in [7, 11) is 0. The van der Waals surface area contributed by atoms with Crippen LogP contribution in [0, 0.1) is 3.57 Å². The normalized spacial score (nSPS) is 18.6. The Hall–Kier alpha value is -2.76. The smallest absolute Gasteiger partial charge is 0.264 e. The molecule has 0 bridgehead atoms. The van der Waals surface area contributed by atoms with Gasteiger partial charge in [0.1, 0.15) is 6.04 Å². The second-order valence-electron chi connectivity index (χ2n) is 7.23. The van der Waals surface area contributed by atoms with Gasteiger partial charge >= 0.3 is 0 Å². The third-order valence-electron chi connectivity index (χ3n) is 5.20. The number of carbonyl (C=O) groups excluding carboxylic acids is 4. The summed E-state index contributed by atoms with van der Waals surface area (Å²) in [6, 6.07) is 4.10. The Morgan fingerprint density at radius 3 is 2.73 bits per heavy atom. The third-order valence-corrected chi connectivity index (χ3v) is 5.76. The number of carbonyl (C=O) groups is 4. The average molecular weight is 521 g/mol. The van der Waals surface area contributed by atoms with Gasteiger partial charge in [-0.1, -0.05) is 6.07 Å². The highest BCUT2D eigenvalue weighted by Gasteiger charge is 2.45. The van der Waals surface area contributed by atoms with Crippen molar-refractivity contribution in [3.8, 4) is 0 Å². The molecule has 156 valence electrons. The highest BCUT2D eigenvalue weighted by atomic mass is 127. The van der Waals surface area contributed by atoms with Gasteiger partial charge in [0.25, 0.3) is 11.8 Å². The van der Waals surface area contributed by atoms with Gasteiger partial charge in [-0.05, 0) is 54.0 Å². The number of aromatic nitrogens is 2. The first-order chi connectivity index (χ1) is 14.5. The van der Waals surface area contributed by atoms with E-state index in [9.17, 15) is 19.2 Å². The maximum Gasteiger partial charge on any atom is 0.264 e. The fourth-order valence-electron chi connectivity index (χ4n) is 3.74. The van der Waals surface area contributed by atoms with E-state index < -0.39 is 23.8 Å². The first-order valence-electron chi connectivity index (χ1n) is 9.72. The zero-order valence-corrected chi connectivity index (χ0v) is 18.2. The van der Waals surface area contributed by atoms with Crippen molar-refractivity contribution in [1.29, 1.82) is 0 Å². The highest BCUT2D eigenvalue weighted by molar-refractivity contribution is 14.1. The van der Waals surface area contributed by atoms with E-state index in [1.807, 2.05) is 17.1 Å². The highest BCUT2D eigenvalue weighted by Crippen LogP contribution is 2.32. The first-order valence-corrected chi connectivity index (χ1v) is 10.8. The molecule has 2 aliphatic heterocycles. The third kappa shape index (κ3) is 3.95. The summed E-state index contributed by atoms with van der Waals surface area (Å²) in [6.07, 6.45) is 5.80. The Balaban J connectivity index is 1.41. The summed E-state index contributed by atoms with van der Waals surface area (Å²) in [5.41, 5.74) is 1.14. The van der Waals surface area contributed by atoms with Crippen LogP contribution >= 0.6 is 22.6 Å². The molecule has 10 heteroatoms. The number of benzene rings is 1. The van der Waals surface area contributed by atoms with Crippen LogP contribution in [-0.4, -0.2) is 50.9 Å². The lowest BCUT2D eigenvalue weighted by Crippen LogP contribution is -2.54. The number of piperidine rings is 1. The minimum atomic E-state index is -0.959.